The van der Waals surface area contributed by atoms with Crippen LogP contribution in [0.2, 0.25) is 0 Å². The van der Waals surface area contributed by atoms with Crippen LogP contribution in [0, 0.1) is 12.8 Å². The molecule has 12 heavy (non-hydrogen) atoms. The van der Waals surface area contributed by atoms with Crippen molar-refractivity contribution in [2.45, 2.75) is 19.3 Å². The Labute approximate surface area is 77.0 Å². The van der Waals surface area contributed by atoms with Crippen molar-refractivity contribution in [1.29, 1.82) is 0 Å². The highest BCUT2D eigenvalue weighted by molar-refractivity contribution is 7.11. The third-order valence-electron chi connectivity index (χ3n) is 2.35. The number of nitrogens with one attached hydrogen (secondary N) is 1. The van der Waals surface area contributed by atoms with Gasteiger partial charge in [-0.25, -0.2) is 4.98 Å². The molecule has 1 heterocycles. The zero-order valence-electron chi connectivity index (χ0n) is 7.50. The van der Waals surface area contributed by atoms with Crippen molar-refractivity contribution >= 4 is 11.3 Å². The maximum absolute atomic E-state index is 4.40. The van der Waals surface area contributed by atoms with Gasteiger partial charge in [-0.3, -0.25) is 0 Å². The molecular weight excluding hydrogens is 168 g/mol. The van der Waals surface area contributed by atoms with E-state index in [2.05, 4.69) is 17.2 Å². The summed E-state index contributed by atoms with van der Waals surface area (Å²) in [6.45, 7) is 3.26. The average Bonchev–Trinajstić information content (AvgIpc) is 2.67. The number of rotatable bonds is 3. The van der Waals surface area contributed by atoms with E-state index in [1.165, 1.54) is 16.3 Å². The molecule has 1 aliphatic carbocycles. The molecule has 0 amide bonds. The van der Waals surface area contributed by atoms with Crippen LogP contribution < -0.4 is 5.32 Å². The summed E-state index contributed by atoms with van der Waals surface area (Å²) >= 11 is 1.85. The van der Waals surface area contributed by atoms with E-state index in [0.717, 1.165) is 18.4 Å². The lowest BCUT2D eigenvalue weighted by Crippen LogP contribution is -2.10. The molecule has 2 nitrogen and oxygen atoms in total. The quantitative estimate of drug-likeness (QED) is 0.770. The van der Waals surface area contributed by atoms with E-state index in [4.69, 9.17) is 0 Å². The fourth-order valence-corrected chi connectivity index (χ4v) is 2.56. The van der Waals surface area contributed by atoms with Gasteiger partial charge in [0.15, 0.2) is 0 Å². The van der Waals surface area contributed by atoms with Crippen LogP contribution in [0.3, 0.4) is 0 Å². The molecule has 0 spiro atoms. The second kappa shape index (κ2) is 3.15. The first-order chi connectivity index (χ1) is 5.81. The first kappa shape index (κ1) is 8.20. The average molecular weight is 182 g/mol. The van der Waals surface area contributed by atoms with Crippen molar-refractivity contribution < 1.29 is 0 Å². The van der Waals surface area contributed by atoms with Gasteiger partial charge < -0.3 is 5.32 Å². The fourth-order valence-electron chi connectivity index (χ4n) is 1.58. The Balaban J connectivity index is 1.96. The van der Waals surface area contributed by atoms with Crippen LogP contribution in [0.5, 0.6) is 0 Å². The van der Waals surface area contributed by atoms with Gasteiger partial charge in [0.1, 0.15) is 0 Å². The lowest BCUT2D eigenvalue weighted by Gasteiger charge is -1.94. The van der Waals surface area contributed by atoms with Crippen molar-refractivity contribution in [3.8, 4) is 0 Å². The summed E-state index contributed by atoms with van der Waals surface area (Å²) in [4.78, 5) is 5.73. The van der Waals surface area contributed by atoms with Crippen LogP contribution in [0.4, 0.5) is 0 Å². The first-order valence-corrected chi connectivity index (χ1v) is 5.20. The molecular formula is C9H14N2S. The number of hydrogen-bond acceptors (Lipinski definition) is 3. The van der Waals surface area contributed by atoms with Crippen molar-refractivity contribution in [3.63, 3.8) is 0 Å². The van der Waals surface area contributed by atoms with Gasteiger partial charge in [0, 0.05) is 17.0 Å². The highest BCUT2D eigenvalue weighted by Gasteiger charge is 2.39. The lowest BCUT2D eigenvalue weighted by atomic mass is 10.3. The van der Waals surface area contributed by atoms with Gasteiger partial charge in [-0.05, 0) is 32.9 Å². The SMILES string of the molecule is CNCC1CC1c1ncc(C)s1. The van der Waals surface area contributed by atoms with Gasteiger partial charge in [-0.1, -0.05) is 0 Å². The Morgan fingerprint density at radius 2 is 2.58 bits per heavy atom. The fraction of sp³-hybridized carbons (Fsp3) is 0.667. The van der Waals surface area contributed by atoms with Gasteiger partial charge in [0.05, 0.1) is 5.01 Å². The summed E-state index contributed by atoms with van der Waals surface area (Å²) in [6.07, 6.45) is 3.31. The van der Waals surface area contributed by atoms with Gasteiger partial charge >= 0.3 is 0 Å². The summed E-state index contributed by atoms with van der Waals surface area (Å²) in [6, 6.07) is 0. The summed E-state index contributed by atoms with van der Waals surface area (Å²) in [5.41, 5.74) is 0. The van der Waals surface area contributed by atoms with Crippen LogP contribution in [-0.4, -0.2) is 18.6 Å². The molecule has 1 N–H and O–H groups in total. The van der Waals surface area contributed by atoms with Gasteiger partial charge in [0.25, 0.3) is 0 Å². The molecule has 1 aromatic heterocycles. The van der Waals surface area contributed by atoms with E-state index in [0.29, 0.717) is 0 Å². The number of thiazole rings is 1. The largest absolute Gasteiger partial charge is 0.319 e. The van der Waals surface area contributed by atoms with Crippen molar-refractivity contribution in [2.24, 2.45) is 5.92 Å². The second-order valence-electron chi connectivity index (χ2n) is 3.47. The molecule has 1 fully saturated rings. The zero-order valence-corrected chi connectivity index (χ0v) is 8.32. The minimum atomic E-state index is 0.760. The Morgan fingerprint density at radius 3 is 3.17 bits per heavy atom. The van der Waals surface area contributed by atoms with E-state index in [9.17, 15) is 0 Å². The van der Waals surface area contributed by atoms with E-state index < -0.39 is 0 Å². The van der Waals surface area contributed by atoms with Crippen LogP contribution in [0.15, 0.2) is 6.20 Å². The number of aromatic nitrogens is 1. The van der Waals surface area contributed by atoms with Gasteiger partial charge in [0.2, 0.25) is 0 Å². The predicted molar refractivity (Wildman–Crippen MR) is 51.6 cm³/mol. The normalized spacial score (nSPS) is 27.5. The van der Waals surface area contributed by atoms with Crippen molar-refractivity contribution in [1.82, 2.24) is 10.3 Å². The number of nitrogens with zero attached hydrogens (tertiary/aromatic N) is 1. The Morgan fingerprint density at radius 1 is 1.75 bits per heavy atom. The summed E-state index contributed by atoms with van der Waals surface area (Å²) in [7, 11) is 2.02. The van der Waals surface area contributed by atoms with Gasteiger partial charge in [-0.2, -0.15) is 0 Å². The van der Waals surface area contributed by atoms with Crippen molar-refractivity contribution in [2.75, 3.05) is 13.6 Å². The first-order valence-electron chi connectivity index (χ1n) is 4.38. The maximum Gasteiger partial charge on any atom is 0.0961 e. The highest BCUT2D eigenvalue weighted by atomic mass is 32.1. The molecule has 2 rings (SSSR count). The van der Waals surface area contributed by atoms with Crippen LogP contribution in [-0.2, 0) is 0 Å². The third kappa shape index (κ3) is 1.52. The predicted octanol–water partition coefficient (Wildman–Crippen LogP) is 1.77. The molecule has 2 unspecified atom stereocenters. The smallest absolute Gasteiger partial charge is 0.0961 e. The summed E-state index contributed by atoms with van der Waals surface area (Å²) in [5.74, 6) is 1.61. The van der Waals surface area contributed by atoms with E-state index in [1.807, 2.05) is 24.6 Å². The highest BCUT2D eigenvalue weighted by Crippen LogP contribution is 2.47. The summed E-state index contributed by atoms with van der Waals surface area (Å²) in [5, 5.41) is 4.55. The third-order valence-corrected chi connectivity index (χ3v) is 3.39. The molecule has 1 aliphatic rings. The Bertz CT molecular complexity index is 269. The van der Waals surface area contributed by atoms with E-state index in [-0.39, 0.29) is 0 Å². The van der Waals surface area contributed by atoms with Gasteiger partial charge in [-0.15, -0.1) is 11.3 Å². The zero-order chi connectivity index (χ0) is 8.55. The second-order valence-corrected chi connectivity index (χ2v) is 4.74. The molecule has 1 aromatic rings. The molecule has 1 saturated carbocycles. The van der Waals surface area contributed by atoms with Crippen LogP contribution in [0.25, 0.3) is 0 Å². The Hall–Kier alpha value is -0.410. The topological polar surface area (TPSA) is 24.9 Å². The minimum Gasteiger partial charge on any atom is -0.319 e. The monoisotopic (exact) mass is 182 g/mol. The maximum atomic E-state index is 4.40. The number of hydrogen-bond donors (Lipinski definition) is 1. The standard InChI is InChI=1S/C9H14N2S/c1-6-4-11-9(12-6)8-3-7(8)5-10-2/h4,7-8,10H,3,5H2,1-2H3. The summed E-state index contributed by atoms with van der Waals surface area (Å²) < 4.78 is 0. The molecule has 0 radical (unpaired) electrons. The van der Waals surface area contributed by atoms with Crippen LogP contribution >= 0.6 is 11.3 Å². The molecule has 66 valence electrons. The molecule has 0 aromatic carbocycles. The molecule has 0 bridgehead atoms. The lowest BCUT2D eigenvalue weighted by molar-refractivity contribution is 0.697. The minimum absolute atomic E-state index is 0.760. The van der Waals surface area contributed by atoms with Crippen LogP contribution in [0.1, 0.15) is 22.2 Å². The molecule has 0 aliphatic heterocycles. The van der Waals surface area contributed by atoms with E-state index in [1.54, 1.807) is 0 Å². The van der Waals surface area contributed by atoms with Crippen molar-refractivity contribution in [3.05, 3.63) is 16.1 Å². The molecule has 2 atom stereocenters. The molecule has 0 saturated heterocycles. The molecule has 3 heteroatoms. The Kier molecular flexibility index (Phi) is 2.15. The van der Waals surface area contributed by atoms with E-state index >= 15 is 0 Å². The number of aryl methyl sites for hydroxylation is 1.